The van der Waals surface area contributed by atoms with E-state index in [0.29, 0.717) is 18.8 Å². The zero-order valence-electron chi connectivity index (χ0n) is 12.7. The van der Waals surface area contributed by atoms with Crippen LogP contribution in [-0.2, 0) is 24.5 Å². The highest BCUT2D eigenvalue weighted by Crippen LogP contribution is 2.21. The maximum absolute atomic E-state index is 12.4. The Balaban J connectivity index is 1.71. The number of amides is 1. The molecule has 1 aliphatic rings. The quantitative estimate of drug-likeness (QED) is 0.891. The van der Waals surface area contributed by atoms with E-state index < -0.39 is 0 Å². The SMILES string of the molecule is CCNCc1cccc(NC(=O)c2ccc3c(c2)COC3)c1. The van der Waals surface area contributed by atoms with Crippen LogP contribution in [0.5, 0.6) is 0 Å². The third-order valence-electron chi connectivity index (χ3n) is 3.75. The molecule has 0 radical (unpaired) electrons. The van der Waals surface area contributed by atoms with Crippen LogP contribution in [-0.4, -0.2) is 12.5 Å². The molecule has 1 heterocycles. The van der Waals surface area contributed by atoms with Crippen LogP contribution in [0.2, 0.25) is 0 Å². The summed E-state index contributed by atoms with van der Waals surface area (Å²) >= 11 is 0. The first-order valence-corrected chi connectivity index (χ1v) is 7.57. The van der Waals surface area contributed by atoms with Gasteiger partial charge >= 0.3 is 0 Å². The molecule has 0 saturated carbocycles. The molecule has 0 bridgehead atoms. The zero-order chi connectivity index (χ0) is 15.4. The van der Waals surface area contributed by atoms with Gasteiger partial charge in [0, 0.05) is 17.8 Å². The summed E-state index contributed by atoms with van der Waals surface area (Å²) in [6.45, 7) is 5.03. The molecule has 0 fully saturated rings. The first-order chi connectivity index (χ1) is 10.8. The van der Waals surface area contributed by atoms with Gasteiger partial charge in [0.2, 0.25) is 0 Å². The Morgan fingerprint density at radius 2 is 2.00 bits per heavy atom. The van der Waals surface area contributed by atoms with E-state index in [-0.39, 0.29) is 5.91 Å². The van der Waals surface area contributed by atoms with E-state index in [1.54, 1.807) is 0 Å². The summed E-state index contributed by atoms with van der Waals surface area (Å²) in [6, 6.07) is 13.6. The van der Waals surface area contributed by atoms with Crippen LogP contribution >= 0.6 is 0 Å². The monoisotopic (exact) mass is 296 g/mol. The Morgan fingerprint density at radius 1 is 1.14 bits per heavy atom. The topological polar surface area (TPSA) is 50.4 Å². The second-order valence-electron chi connectivity index (χ2n) is 5.41. The van der Waals surface area contributed by atoms with Crippen LogP contribution in [0.1, 0.15) is 34.0 Å². The second kappa shape index (κ2) is 6.73. The van der Waals surface area contributed by atoms with Gasteiger partial charge in [0.15, 0.2) is 0 Å². The van der Waals surface area contributed by atoms with Crippen molar-refractivity contribution < 1.29 is 9.53 Å². The molecule has 114 valence electrons. The third-order valence-corrected chi connectivity index (χ3v) is 3.75. The standard InChI is InChI=1S/C18H20N2O2/c1-2-19-10-13-4-3-5-17(8-13)20-18(21)14-6-7-15-11-22-12-16(15)9-14/h3-9,19H,2,10-12H2,1H3,(H,20,21). The molecule has 0 saturated heterocycles. The molecule has 2 aromatic rings. The summed E-state index contributed by atoms with van der Waals surface area (Å²) in [4.78, 5) is 12.4. The van der Waals surface area contributed by atoms with E-state index in [9.17, 15) is 4.79 Å². The van der Waals surface area contributed by atoms with Crippen molar-refractivity contribution in [2.24, 2.45) is 0 Å². The Kier molecular flexibility index (Phi) is 4.51. The molecule has 0 spiro atoms. The summed E-state index contributed by atoms with van der Waals surface area (Å²) in [6.07, 6.45) is 0. The summed E-state index contributed by atoms with van der Waals surface area (Å²) < 4.78 is 5.38. The second-order valence-corrected chi connectivity index (χ2v) is 5.41. The lowest BCUT2D eigenvalue weighted by Crippen LogP contribution is -2.14. The number of fused-ring (bicyclic) bond motifs is 1. The highest BCUT2D eigenvalue weighted by atomic mass is 16.5. The highest BCUT2D eigenvalue weighted by molar-refractivity contribution is 6.04. The Hall–Kier alpha value is -2.17. The van der Waals surface area contributed by atoms with Crippen molar-refractivity contribution >= 4 is 11.6 Å². The van der Waals surface area contributed by atoms with Crippen LogP contribution in [0.25, 0.3) is 0 Å². The summed E-state index contributed by atoms with van der Waals surface area (Å²) in [5.74, 6) is -0.0877. The molecule has 0 unspecified atom stereocenters. The van der Waals surface area contributed by atoms with Gasteiger partial charge < -0.3 is 15.4 Å². The number of benzene rings is 2. The molecule has 22 heavy (non-hydrogen) atoms. The van der Waals surface area contributed by atoms with Crippen LogP contribution < -0.4 is 10.6 Å². The summed E-state index contributed by atoms with van der Waals surface area (Å²) in [5.41, 5.74) is 4.92. The predicted octanol–water partition coefficient (Wildman–Crippen LogP) is 3.08. The molecule has 4 nitrogen and oxygen atoms in total. The van der Waals surface area contributed by atoms with E-state index in [2.05, 4.69) is 17.6 Å². The first kappa shape index (κ1) is 14.8. The van der Waals surface area contributed by atoms with E-state index >= 15 is 0 Å². The van der Waals surface area contributed by atoms with Crippen LogP contribution in [0.15, 0.2) is 42.5 Å². The minimum absolute atomic E-state index is 0.0877. The third kappa shape index (κ3) is 3.35. The molecule has 2 N–H and O–H groups in total. The fourth-order valence-corrected chi connectivity index (χ4v) is 2.54. The number of carbonyl (C=O) groups is 1. The fourth-order valence-electron chi connectivity index (χ4n) is 2.54. The maximum atomic E-state index is 12.4. The molecule has 2 aromatic carbocycles. The van der Waals surface area contributed by atoms with Crippen molar-refractivity contribution in [1.82, 2.24) is 5.32 Å². The van der Waals surface area contributed by atoms with E-state index in [0.717, 1.165) is 29.9 Å². The average Bonchev–Trinajstić information content (AvgIpc) is 3.00. The van der Waals surface area contributed by atoms with Crippen LogP contribution in [0.3, 0.4) is 0 Å². The van der Waals surface area contributed by atoms with Crippen molar-refractivity contribution in [3.63, 3.8) is 0 Å². The van der Waals surface area contributed by atoms with Crippen molar-refractivity contribution in [2.45, 2.75) is 26.7 Å². The van der Waals surface area contributed by atoms with Crippen molar-refractivity contribution in [2.75, 3.05) is 11.9 Å². The Bertz CT molecular complexity index is 683. The van der Waals surface area contributed by atoms with Gasteiger partial charge in [0.25, 0.3) is 5.91 Å². The number of ether oxygens (including phenoxy) is 1. The molecular weight excluding hydrogens is 276 g/mol. The van der Waals surface area contributed by atoms with Crippen LogP contribution in [0, 0.1) is 0 Å². The van der Waals surface area contributed by atoms with Gasteiger partial charge in [-0.1, -0.05) is 25.1 Å². The van der Waals surface area contributed by atoms with Gasteiger partial charge in [-0.2, -0.15) is 0 Å². The molecule has 1 aliphatic heterocycles. The largest absolute Gasteiger partial charge is 0.372 e. The average molecular weight is 296 g/mol. The predicted molar refractivity (Wildman–Crippen MR) is 86.7 cm³/mol. The lowest BCUT2D eigenvalue weighted by molar-refractivity contribution is 0.102. The number of rotatable bonds is 5. The van der Waals surface area contributed by atoms with E-state index in [1.165, 1.54) is 5.56 Å². The smallest absolute Gasteiger partial charge is 0.255 e. The van der Waals surface area contributed by atoms with E-state index in [4.69, 9.17) is 4.74 Å². The highest BCUT2D eigenvalue weighted by Gasteiger charge is 2.14. The van der Waals surface area contributed by atoms with Gasteiger partial charge in [0.1, 0.15) is 0 Å². The van der Waals surface area contributed by atoms with Crippen molar-refractivity contribution in [3.8, 4) is 0 Å². The summed E-state index contributed by atoms with van der Waals surface area (Å²) in [5, 5.41) is 6.24. The van der Waals surface area contributed by atoms with Crippen LogP contribution in [0.4, 0.5) is 5.69 Å². The van der Waals surface area contributed by atoms with Gasteiger partial charge in [-0.05, 0) is 47.5 Å². The molecule has 3 rings (SSSR count). The lowest BCUT2D eigenvalue weighted by Gasteiger charge is -2.09. The maximum Gasteiger partial charge on any atom is 0.255 e. The van der Waals surface area contributed by atoms with Gasteiger partial charge in [0.05, 0.1) is 13.2 Å². The molecule has 4 heteroatoms. The number of anilines is 1. The van der Waals surface area contributed by atoms with Gasteiger partial charge in [-0.15, -0.1) is 0 Å². The Morgan fingerprint density at radius 3 is 2.86 bits per heavy atom. The summed E-state index contributed by atoms with van der Waals surface area (Å²) in [7, 11) is 0. The van der Waals surface area contributed by atoms with Gasteiger partial charge in [-0.25, -0.2) is 0 Å². The van der Waals surface area contributed by atoms with Crippen molar-refractivity contribution in [3.05, 3.63) is 64.7 Å². The lowest BCUT2D eigenvalue weighted by atomic mass is 10.1. The number of hydrogen-bond acceptors (Lipinski definition) is 3. The minimum atomic E-state index is -0.0877. The number of hydrogen-bond donors (Lipinski definition) is 2. The number of carbonyl (C=O) groups excluding carboxylic acids is 1. The molecule has 0 atom stereocenters. The normalized spacial score (nSPS) is 13.0. The minimum Gasteiger partial charge on any atom is -0.372 e. The zero-order valence-corrected chi connectivity index (χ0v) is 12.7. The Labute approximate surface area is 130 Å². The molecule has 1 amide bonds. The fraction of sp³-hybridized carbons (Fsp3) is 0.278. The number of nitrogens with one attached hydrogen (secondary N) is 2. The van der Waals surface area contributed by atoms with Gasteiger partial charge in [-0.3, -0.25) is 4.79 Å². The molecule has 0 aliphatic carbocycles. The molecule has 0 aromatic heterocycles. The van der Waals surface area contributed by atoms with Crippen molar-refractivity contribution in [1.29, 1.82) is 0 Å². The first-order valence-electron chi connectivity index (χ1n) is 7.57. The van der Waals surface area contributed by atoms with E-state index in [1.807, 2.05) is 42.5 Å². The molecular formula is C18H20N2O2.